The van der Waals surface area contributed by atoms with Crippen LogP contribution in [0.25, 0.3) is 11.1 Å². The van der Waals surface area contributed by atoms with Gasteiger partial charge in [-0.25, -0.2) is 9.78 Å². The minimum atomic E-state index is -1.39. The molecule has 25 nitrogen and oxygen atoms in total. The Bertz CT molecular complexity index is 2910. The second kappa shape index (κ2) is 33.6. The topological polar surface area (TPSA) is 416 Å². The van der Waals surface area contributed by atoms with Gasteiger partial charge in [0.05, 0.1) is 12.4 Å². The number of aromatic amines is 1. The first-order chi connectivity index (χ1) is 41.3. The molecule has 1 aliphatic heterocycles. The largest absolute Gasteiger partial charge is 0.480 e. The van der Waals surface area contributed by atoms with Crippen LogP contribution in [0.2, 0.25) is 0 Å². The molecule has 2 aliphatic rings. The summed E-state index contributed by atoms with van der Waals surface area (Å²) in [4.78, 5) is 130. The van der Waals surface area contributed by atoms with Gasteiger partial charge in [-0.1, -0.05) is 131 Å². The highest BCUT2D eigenvalue weighted by molar-refractivity contribution is 5.98. The number of carbonyl (C=O) groups is 8. The van der Waals surface area contributed by atoms with E-state index in [9.17, 15) is 43.5 Å². The van der Waals surface area contributed by atoms with Crippen LogP contribution in [0.15, 0.2) is 107 Å². The van der Waals surface area contributed by atoms with Crippen molar-refractivity contribution in [3.8, 4) is 11.1 Å². The van der Waals surface area contributed by atoms with E-state index in [1.807, 2.05) is 72.8 Å². The number of nitrogens with two attached hydrogens (primary N) is 5. The van der Waals surface area contributed by atoms with Crippen LogP contribution in [0.5, 0.6) is 0 Å². The summed E-state index contributed by atoms with van der Waals surface area (Å²) in [5, 5.41) is 27.1. The molecule has 1 saturated carbocycles. The van der Waals surface area contributed by atoms with Gasteiger partial charge in [0.2, 0.25) is 41.4 Å². The van der Waals surface area contributed by atoms with E-state index < -0.39 is 102 Å². The molecule has 25 heteroatoms. The predicted octanol–water partition coefficient (Wildman–Crippen LogP) is 1.15. The van der Waals surface area contributed by atoms with E-state index in [-0.39, 0.29) is 88.8 Å². The first kappa shape index (κ1) is 66.3. The van der Waals surface area contributed by atoms with Crippen molar-refractivity contribution in [2.24, 2.45) is 50.5 Å². The fraction of sp³-hybridized carbons (Fsp3) is 0.492. The third-order valence-electron chi connectivity index (χ3n) is 15.5. The van der Waals surface area contributed by atoms with Crippen molar-refractivity contribution in [1.29, 1.82) is 0 Å². The Kier molecular flexibility index (Phi) is 25.9. The molecule has 4 aromatic rings. The second-order valence-corrected chi connectivity index (χ2v) is 22.5. The molecule has 7 amide bonds. The number of H-pyrrole nitrogens is 1. The number of benzene rings is 3. The van der Waals surface area contributed by atoms with E-state index in [1.54, 1.807) is 26.0 Å². The molecular weight excluding hydrogens is 1100 g/mol. The monoisotopic (exact) mass is 1190 g/mol. The Balaban J connectivity index is 1.18. The van der Waals surface area contributed by atoms with Gasteiger partial charge in [0.15, 0.2) is 11.9 Å². The zero-order valence-electron chi connectivity index (χ0n) is 49.1. The minimum Gasteiger partial charge on any atom is -0.480 e. The minimum absolute atomic E-state index is 0.0305. The number of imidazole rings is 1. The molecule has 3 aromatic carbocycles. The van der Waals surface area contributed by atoms with E-state index >= 15 is 0 Å². The number of carboxylic acids is 1. The van der Waals surface area contributed by atoms with Gasteiger partial charge in [0.25, 0.3) is 0 Å². The molecule has 18 N–H and O–H groups in total. The number of aliphatic imine (C=N–C) groups is 2. The summed E-state index contributed by atoms with van der Waals surface area (Å²) in [5.74, 6) is -6.73. The molecule has 8 atom stereocenters. The van der Waals surface area contributed by atoms with Crippen molar-refractivity contribution in [2.45, 2.75) is 158 Å². The van der Waals surface area contributed by atoms with Crippen molar-refractivity contribution >= 4 is 59.2 Å². The maximum atomic E-state index is 14.8. The number of aliphatic carboxylic acids is 1. The lowest BCUT2D eigenvalue weighted by Crippen LogP contribution is -2.61. The SMILES string of the molecule is CC(C)[C@H](NC(=O)[C@H](CCCN=C(N)N)NC(=O)[C@@H](N)Cc1ccccc1)C(=O)N1CCC[C@H]1C(=O)N[C@@H](CC1CCCCC1)C(=O)N[C@@H](Cc1cnc[nH]1)C(=O)N[C@@H](CCCN=C(N)N)C(=O)N[C@@H](Cc1ccc(-c2ccccc2)cc1)C(=O)O. The van der Waals surface area contributed by atoms with Gasteiger partial charge in [-0.05, 0) is 85.5 Å². The Morgan fingerprint density at radius 3 is 1.72 bits per heavy atom. The molecule has 0 radical (unpaired) electrons. The molecule has 1 aliphatic carbocycles. The number of nitrogens with one attached hydrogen (secondary N) is 7. The molecule has 2 fully saturated rings. The number of rotatable bonds is 32. The Hall–Kier alpha value is -8.87. The van der Waals surface area contributed by atoms with Crippen LogP contribution >= 0.6 is 0 Å². The molecule has 86 heavy (non-hydrogen) atoms. The first-order valence-corrected chi connectivity index (χ1v) is 29.6. The van der Waals surface area contributed by atoms with E-state index in [0.29, 0.717) is 24.1 Å². The second-order valence-electron chi connectivity index (χ2n) is 22.5. The number of likely N-dealkylation sites (tertiary alicyclic amines) is 1. The van der Waals surface area contributed by atoms with Crippen molar-refractivity contribution in [3.05, 3.63) is 114 Å². The maximum absolute atomic E-state index is 14.8. The molecular formula is C61H86N16O9. The van der Waals surface area contributed by atoms with Gasteiger partial charge >= 0.3 is 5.97 Å². The van der Waals surface area contributed by atoms with Gasteiger partial charge in [-0.2, -0.15) is 0 Å². The van der Waals surface area contributed by atoms with Crippen LogP contribution in [-0.4, -0.2) is 147 Å². The maximum Gasteiger partial charge on any atom is 0.326 e. The highest BCUT2D eigenvalue weighted by Gasteiger charge is 2.41. The number of carboxylic acid groups (broad SMARTS) is 1. The molecule has 2 heterocycles. The fourth-order valence-corrected chi connectivity index (χ4v) is 10.8. The third-order valence-corrected chi connectivity index (χ3v) is 15.5. The van der Waals surface area contributed by atoms with Crippen molar-refractivity contribution in [1.82, 2.24) is 46.8 Å². The van der Waals surface area contributed by atoms with Crippen LogP contribution in [0, 0.1) is 11.8 Å². The van der Waals surface area contributed by atoms with Gasteiger partial charge in [-0.3, -0.25) is 43.5 Å². The average Bonchev–Trinajstić information content (AvgIpc) is 3.51. The zero-order chi connectivity index (χ0) is 62.1. The summed E-state index contributed by atoms with van der Waals surface area (Å²) < 4.78 is 0. The van der Waals surface area contributed by atoms with E-state index in [4.69, 9.17) is 28.7 Å². The van der Waals surface area contributed by atoms with Gasteiger partial charge < -0.3 is 75.6 Å². The van der Waals surface area contributed by atoms with Crippen LogP contribution in [0.4, 0.5) is 0 Å². The van der Waals surface area contributed by atoms with Gasteiger partial charge in [0, 0.05) is 44.4 Å². The average molecular weight is 1190 g/mol. The molecule has 0 bridgehead atoms. The summed E-state index contributed by atoms with van der Waals surface area (Å²) in [6, 6.07) is 16.5. The number of amides is 7. The Morgan fingerprint density at radius 2 is 1.14 bits per heavy atom. The molecule has 464 valence electrons. The summed E-state index contributed by atoms with van der Waals surface area (Å²) in [6.45, 7) is 3.92. The Labute approximate surface area is 501 Å². The van der Waals surface area contributed by atoms with Crippen molar-refractivity contribution < 1.29 is 43.5 Å². The number of hydrogen-bond acceptors (Lipinski definition) is 12. The van der Waals surface area contributed by atoms with Crippen LogP contribution in [0.3, 0.4) is 0 Å². The highest BCUT2D eigenvalue weighted by Crippen LogP contribution is 2.29. The highest BCUT2D eigenvalue weighted by atomic mass is 16.4. The third kappa shape index (κ3) is 21.0. The smallest absolute Gasteiger partial charge is 0.326 e. The number of nitrogens with zero attached hydrogens (tertiary/aromatic N) is 4. The lowest BCUT2D eigenvalue weighted by molar-refractivity contribution is -0.143. The Morgan fingerprint density at radius 1 is 0.605 bits per heavy atom. The predicted molar refractivity (Wildman–Crippen MR) is 326 cm³/mol. The van der Waals surface area contributed by atoms with E-state index in [1.165, 1.54) is 17.4 Å². The standard InChI is InChI=1S/C61H86N16O9/c1-37(2)51(76-54(80)46(22-13-29-69-61(65)66)71-52(78)44(62)31-38-15-6-3-7-16-38)58(84)77-30-14-23-50(77)57(83)74-47(32-39-17-8-4-9-18-39)55(81)73-48(34-43-35-67-36-70-43)56(82)72-45(21-12-28-68-60(63)64)53(79)75-49(59(85)86)33-40-24-26-42(27-25-40)41-19-10-5-11-20-41/h3,5-7,10-11,15-16,19-20,24-27,35-37,39,44-51H,4,8-9,12-14,17-18,21-23,28-34,62H2,1-2H3,(H,67,70)(H,71,78)(H,72,82)(H,73,81)(H,74,83)(H,75,79)(H,76,80)(H,85,86)(H4,63,64,68)(H4,65,66,69)/t44-,45-,46-,47-,48-,49-,50-,51-/m0/s1. The quantitative estimate of drug-likeness (QED) is 0.0185. The molecule has 1 saturated heterocycles. The zero-order valence-corrected chi connectivity index (χ0v) is 49.1. The normalized spacial score (nSPS) is 16.6. The van der Waals surface area contributed by atoms with Gasteiger partial charge in [0.1, 0.15) is 42.3 Å². The number of aromatic nitrogens is 2. The van der Waals surface area contributed by atoms with E-state index in [0.717, 1.165) is 48.8 Å². The van der Waals surface area contributed by atoms with Crippen LogP contribution < -0.4 is 60.6 Å². The van der Waals surface area contributed by atoms with E-state index in [2.05, 4.69) is 51.9 Å². The van der Waals surface area contributed by atoms with Crippen LogP contribution in [0.1, 0.15) is 108 Å². The summed E-state index contributed by atoms with van der Waals surface area (Å²) in [5.41, 5.74) is 32.3. The summed E-state index contributed by atoms with van der Waals surface area (Å²) >= 11 is 0. The molecule has 1 aromatic heterocycles. The molecule has 0 spiro atoms. The number of carbonyl (C=O) groups excluding carboxylic acids is 7. The molecule has 6 rings (SSSR count). The summed E-state index contributed by atoms with van der Waals surface area (Å²) in [7, 11) is 0. The fourth-order valence-electron chi connectivity index (χ4n) is 10.8. The van der Waals surface area contributed by atoms with Crippen LogP contribution in [-0.2, 0) is 57.6 Å². The lowest BCUT2D eigenvalue weighted by Gasteiger charge is -2.33. The van der Waals surface area contributed by atoms with Crippen molar-refractivity contribution in [2.75, 3.05) is 19.6 Å². The van der Waals surface area contributed by atoms with Gasteiger partial charge in [-0.15, -0.1) is 0 Å². The number of hydrogen-bond donors (Lipinski definition) is 13. The number of guanidine groups is 2. The van der Waals surface area contributed by atoms with Crippen molar-refractivity contribution in [3.63, 3.8) is 0 Å². The molecule has 0 unspecified atom stereocenters. The summed E-state index contributed by atoms with van der Waals surface area (Å²) in [6.07, 6.45) is 8.79. The first-order valence-electron chi connectivity index (χ1n) is 29.6. The lowest BCUT2D eigenvalue weighted by atomic mass is 9.84.